The van der Waals surface area contributed by atoms with Crippen LogP contribution in [0.25, 0.3) is 17.1 Å². The van der Waals surface area contributed by atoms with E-state index in [0.717, 1.165) is 35.1 Å². The lowest BCUT2D eigenvalue weighted by molar-refractivity contribution is 0.355. The van der Waals surface area contributed by atoms with Crippen LogP contribution in [-0.4, -0.2) is 36.1 Å². The fraction of sp³-hybridized carbons (Fsp3) is 0.263. The van der Waals surface area contributed by atoms with E-state index in [9.17, 15) is 0 Å². The van der Waals surface area contributed by atoms with Crippen LogP contribution in [0.2, 0.25) is 0 Å². The zero-order chi connectivity index (χ0) is 17.8. The topological polar surface area (TPSA) is 58.4 Å². The molecule has 0 bridgehead atoms. The van der Waals surface area contributed by atoms with Crippen LogP contribution in [0, 0.1) is 0 Å². The van der Waals surface area contributed by atoms with Crippen molar-refractivity contribution in [3.8, 4) is 34.3 Å². The first-order chi connectivity index (χ1) is 12.2. The molecule has 130 valence electrons. The summed E-state index contributed by atoms with van der Waals surface area (Å²) in [4.78, 5) is 0. The highest BCUT2D eigenvalue weighted by Crippen LogP contribution is 2.33. The van der Waals surface area contributed by atoms with E-state index in [0.29, 0.717) is 11.5 Å². The van der Waals surface area contributed by atoms with E-state index in [-0.39, 0.29) is 0 Å². The van der Waals surface area contributed by atoms with Gasteiger partial charge in [0.2, 0.25) is 0 Å². The minimum absolute atomic E-state index is 0.655. The van der Waals surface area contributed by atoms with E-state index in [1.807, 2.05) is 47.0 Å². The predicted molar refractivity (Wildman–Crippen MR) is 95.8 cm³/mol. The second-order valence-corrected chi connectivity index (χ2v) is 5.40. The first kappa shape index (κ1) is 16.8. The van der Waals surface area contributed by atoms with Crippen LogP contribution in [0.3, 0.4) is 0 Å². The maximum Gasteiger partial charge on any atom is 0.168 e. The first-order valence-electron chi connectivity index (χ1n) is 8.03. The quantitative estimate of drug-likeness (QED) is 0.688. The van der Waals surface area contributed by atoms with Gasteiger partial charge in [-0.25, -0.2) is 0 Å². The molecule has 0 N–H and O–H groups in total. The van der Waals surface area contributed by atoms with Crippen LogP contribution in [0.1, 0.15) is 12.7 Å². The molecule has 6 nitrogen and oxygen atoms in total. The molecule has 2 aromatic carbocycles. The number of benzene rings is 2. The van der Waals surface area contributed by atoms with Crippen molar-refractivity contribution in [2.45, 2.75) is 13.3 Å². The Hall–Kier alpha value is -3.02. The van der Waals surface area contributed by atoms with E-state index in [2.05, 4.69) is 17.1 Å². The average molecular weight is 339 g/mol. The minimum Gasteiger partial charge on any atom is -0.497 e. The molecule has 0 atom stereocenters. The van der Waals surface area contributed by atoms with Gasteiger partial charge in [-0.15, -0.1) is 10.2 Å². The Morgan fingerprint density at radius 2 is 1.56 bits per heavy atom. The number of nitrogens with zero attached hydrogens (tertiary/aromatic N) is 3. The molecule has 0 radical (unpaired) electrons. The Labute approximate surface area is 147 Å². The Kier molecular flexibility index (Phi) is 4.88. The second-order valence-electron chi connectivity index (χ2n) is 5.40. The molecular weight excluding hydrogens is 318 g/mol. The van der Waals surface area contributed by atoms with Crippen LogP contribution >= 0.6 is 0 Å². The number of aromatic nitrogens is 3. The SMILES string of the molecule is CCc1nnc(-c2ccc(OC)c(OC)c2)n1-c1ccc(OC)cc1. The molecule has 3 aromatic rings. The summed E-state index contributed by atoms with van der Waals surface area (Å²) in [5, 5.41) is 8.73. The molecule has 1 heterocycles. The standard InChI is InChI=1S/C19H21N3O3/c1-5-18-20-21-19(13-6-11-16(24-3)17(12-13)25-4)22(18)14-7-9-15(23-2)10-8-14/h6-12H,5H2,1-4H3. The molecule has 3 rings (SSSR count). The number of rotatable bonds is 6. The van der Waals surface area contributed by atoms with Crippen molar-refractivity contribution in [3.63, 3.8) is 0 Å². The smallest absolute Gasteiger partial charge is 0.168 e. The molecule has 1 aromatic heterocycles. The van der Waals surface area contributed by atoms with Crippen molar-refractivity contribution < 1.29 is 14.2 Å². The van der Waals surface area contributed by atoms with Crippen molar-refractivity contribution in [1.29, 1.82) is 0 Å². The number of ether oxygens (including phenoxy) is 3. The van der Waals surface area contributed by atoms with E-state index >= 15 is 0 Å². The van der Waals surface area contributed by atoms with Crippen LogP contribution in [0.4, 0.5) is 0 Å². The minimum atomic E-state index is 0.655. The summed E-state index contributed by atoms with van der Waals surface area (Å²) in [5.74, 6) is 3.78. The van der Waals surface area contributed by atoms with Gasteiger partial charge in [0.25, 0.3) is 0 Å². The van der Waals surface area contributed by atoms with Crippen molar-refractivity contribution >= 4 is 0 Å². The Balaban J connectivity index is 2.12. The summed E-state index contributed by atoms with van der Waals surface area (Å²) in [6.07, 6.45) is 0.770. The van der Waals surface area contributed by atoms with Crippen molar-refractivity contribution in [3.05, 3.63) is 48.3 Å². The number of hydrogen-bond acceptors (Lipinski definition) is 5. The number of aryl methyl sites for hydroxylation is 1. The normalized spacial score (nSPS) is 10.6. The highest BCUT2D eigenvalue weighted by atomic mass is 16.5. The molecule has 0 unspecified atom stereocenters. The molecule has 0 saturated heterocycles. The molecule has 0 spiro atoms. The second kappa shape index (κ2) is 7.25. The molecule has 0 aliphatic carbocycles. The zero-order valence-electron chi connectivity index (χ0n) is 14.8. The molecule has 0 saturated carbocycles. The molecule has 0 aliphatic heterocycles. The third-order valence-corrected chi connectivity index (χ3v) is 4.02. The van der Waals surface area contributed by atoms with Gasteiger partial charge in [0.1, 0.15) is 11.6 Å². The van der Waals surface area contributed by atoms with Gasteiger partial charge >= 0.3 is 0 Å². The van der Waals surface area contributed by atoms with Crippen LogP contribution in [-0.2, 0) is 6.42 Å². The third kappa shape index (κ3) is 3.15. The maximum absolute atomic E-state index is 5.41. The fourth-order valence-electron chi connectivity index (χ4n) is 2.71. The van der Waals surface area contributed by atoms with Gasteiger partial charge in [-0.2, -0.15) is 0 Å². The van der Waals surface area contributed by atoms with Gasteiger partial charge in [0, 0.05) is 17.7 Å². The van der Waals surface area contributed by atoms with Gasteiger partial charge in [-0.1, -0.05) is 6.92 Å². The van der Waals surface area contributed by atoms with Gasteiger partial charge in [-0.05, 0) is 42.5 Å². The molecule has 0 amide bonds. The lowest BCUT2D eigenvalue weighted by atomic mass is 10.1. The van der Waals surface area contributed by atoms with E-state index in [1.165, 1.54) is 0 Å². The summed E-state index contributed by atoms with van der Waals surface area (Å²) in [7, 11) is 4.89. The van der Waals surface area contributed by atoms with E-state index < -0.39 is 0 Å². The highest BCUT2D eigenvalue weighted by Gasteiger charge is 2.16. The van der Waals surface area contributed by atoms with Crippen molar-refractivity contribution in [2.24, 2.45) is 0 Å². The van der Waals surface area contributed by atoms with Gasteiger partial charge in [0.15, 0.2) is 17.3 Å². The summed E-state index contributed by atoms with van der Waals surface area (Å²) in [6.45, 7) is 2.06. The Bertz CT molecular complexity index is 857. The monoisotopic (exact) mass is 339 g/mol. The predicted octanol–water partition coefficient (Wildman–Crippen LogP) is 3.52. The number of methoxy groups -OCH3 is 3. The Morgan fingerprint density at radius 1 is 0.840 bits per heavy atom. The molecular formula is C19H21N3O3. The van der Waals surface area contributed by atoms with Crippen LogP contribution in [0.15, 0.2) is 42.5 Å². The van der Waals surface area contributed by atoms with Gasteiger partial charge in [0.05, 0.1) is 21.3 Å². The number of hydrogen-bond donors (Lipinski definition) is 0. The van der Waals surface area contributed by atoms with E-state index in [4.69, 9.17) is 14.2 Å². The summed E-state index contributed by atoms with van der Waals surface area (Å²) in [5.41, 5.74) is 1.88. The molecule has 6 heteroatoms. The largest absolute Gasteiger partial charge is 0.497 e. The molecule has 0 fully saturated rings. The Morgan fingerprint density at radius 3 is 2.16 bits per heavy atom. The lowest BCUT2D eigenvalue weighted by Crippen LogP contribution is -2.02. The summed E-state index contributed by atoms with van der Waals surface area (Å²) >= 11 is 0. The summed E-state index contributed by atoms with van der Waals surface area (Å²) < 4.78 is 18.0. The van der Waals surface area contributed by atoms with Crippen molar-refractivity contribution in [2.75, 3.05) is 21.3 Å². The lowest BCUT2D eigenvalue weighted by Gasteiger charge is -2.12. The summed E-state index contributed by atoms with van der Waals surface area (Å²) in [6, 6.07) is 13.6. The van der Waals surface area contributed by atoms with Crippen LogP contribution < -0.4 is 14.2 Å². The first-order valence-corrected chi connectivity index (χ1v) is 8.03. The zero-order valence-corrected chi connectivity index (χ0v) is 14.8. The van der Waals surface area contributed by atoms with Gasteiger partial charge < -0.3 is 14.2 Å². The average Bonchev–Trinajstić information content (AvgIpc) is 3.11. The third-order valence-electron chi connectivity index (χ3n) is 4.02. The highest BCUT2D eigenvalue weighted by molar-refractivity contribution is 5.63. The maximum atomic E-state index is 5.41. The van der Waals surface area contributed by atoms with E-state index in [1.54, 1.807) is 21.3 Å². The van der Waals surface area contributed by atoms with Gasteiger partial charge in [-0.3, -0.25) is 4.57 Å². The van der Waals surface area contributed by atoms with Crippen LogP contribution in [0.5, 0.6) is 17.2 Å². The molecule has 0 aliphatic rings. The fourth-order valence-corrected chi connectivity index (χ4v) is 2.71. The van der Waals surface area contributed by atoms with Crippen molar-refractivity contribution in [1.82, 2.24) is 14.8 Å². The molecule has 25 heavy (non-hydrogen) atoms.